The van der Waals surface area contributed by atoms with E-state index in [0.29, 0.717) is 5.92 Å². The molecule has 0 aliphatic heterocycles. The lowest BCUT2D eigenvalue weighted by atomic mass is 9.92. The molecule has 1 aromatic carbocycles. The second-order valence-corrected chi connectivity index (χ2v) is 8.92. The van der Waals surface area contributed by atoms with E-state index in [0.717, 1.165) is 12.0 Å². The van der Waals surface area contributed by atoms with Crippen LogP contribution in [0.5, 0.6) is 0 Å². The van der Waals surface area contributed by atoms with Crippen LogP contribution in [0, 0.1) is 0 Å². The van der Waals surface area contributed by atoms with Crippen LogP contribution < -0.4 is 0 Å². The fourth-order valence-corrected chi connectivity index (χ4v) is 2.50. The Morgan fingerprint density at radius 3 is 1.27 bits per heavy atom. The van der Waals surface area contributed by atoms with Crippen LogP contribution in [-0.2, 0) is 0 Å². The normalized spacial score (nSPS) is 8.36. The highest BCUT2D eigenvalue weighted by molar-refractivity contribution is 5.66. The van der Waals surface area contributed by atoms with Gasteiger partial charge >= 0.3 is 0 Å². The van der Waals surface area contributed by atoms with Gasteiger partial charge in [-0.15, -0.1) is 0 Å². The van der Waals surface area contributed by atoms with Gasteiger partial charge in [0.2, 0.25) is 0 Å². The van der Waals surface area contributed by atoms with Crippen LogP contribution in [0.3, 0.4) is 0 Å². The molecule has 0 saturated heterocycles. The van der Waals surface area contributed by atoms with Gasteiger partial charge in [0.1, 0.15) is 0 Å². The van der Waals surface area contributed by atoms with E-state index in [1.54, 1.807) is 0 Å². The molecule has 0 amide bonds. The fraction of sp³-hybridized carbons (Fsp3) is 0.682. The Balaban J connectivity index is -0.0000000307. The Hall–Kier alpha value is -1.82. The van der Waals surface area contributed by atoms with Gasteiger partial charge in [-0.05, 0) is 61.8 Å². The number of allylic oxidation sites excluding steroid dienone is 6. The lowest BCUT2D eigenvalue weighted by Gasteiger charge is -2.13. The standard InChI is InChI=1S/C13H18.C12H20.2C4H10.2C2H6.7CH4/c1-5-11(4)13-9-7-6-8-12(13)10(2)3;1-6-8-12(7-2)9-11(5)10(3)4;2*1-3-4-2;2*1-2;;;;;;;/h6-10H,4-5H2,1-3H3;7,9H,3,6,8H2,1-2,4-5H3;2*3-4H2,1-2H3;2*1-2H3;7*1H4/b;11-9-,12-7-;;;;;;;;;;;. The van der Waals surface area contributed by atoms with Crippen LogP contribution in [0.1, 0.15) is 218 Å². The van der Waals surface area contributed by atoms with Gasteiger partial charge in [0.25, 0.3) is 0 Å². The molecule has 274 valence electrons. The summed E-state index contributed by atoms with van der Waals surface area (Å²) in [7, 11) is 0. The van der Waals surface area contributed by atoms with E-state index >= 15 is 0 Å². The highest BCUT2D eigenvalue weighted by Gasteiger charge is 2.06. The molecule has 0 atom stereocenters. The number of benzene rings is 1. The zero-order valence-corrected chi connectivity index (χ0v) is 28.4. The third-order valence-electron chi connectivity index (χ3n) is 5.38. The molecule has 0 heterocycles. The lowest BCUT2D eigenvalue weighted by molar-refractivity contribution is 0.861. The van der Waals surface area contributed by atoms with Crippen molar-refractivity contribution in [2.45, 2.75) is 207 Å². The largest absolute Gasteiger partial charge is 0.0958 e. The van der Waals surface area contributed by atoms with Gasteiger partial charge in [-0.3, -0.25) is 0 Å². The number of rotatable bonds is 9. The van der Waals surface area contributed by atoms with Crippen molar-refractivity contribution in [1.82, 2.24) is 0 Å². The Bertz CT molecular complexity index is 659. The number of unbranched alkanes of at least 4 members (excludes halogenated alkanes) is 2. The summed E-state index contributed by atoms with van der Waals surface area (Å²) in [6, 6.07) is 8.55. The molecule has 0 saturated carbocycles. The maximum Gasteiger partial charge on any atom is -0.0196 e. The van der Waals surface area contributed by atoms with Crippen LogP contribution >= 0.6 is 0 Å². The highest BCUT2D eigenvalue weighted by Crippen LogP contribution is 2.26. The molecular formula is C44H98. The minimum Gasteiger partial charge on any atom is -0.0958 e. The maximum absolute atomic E-state index is 4.09. The predicted octanol–water partition coefficient (Wildman–Crippen LogP) is 18.6. The second-order valence-electron chi connectivity index (χ2n) is 8.92. The maximum atomic E-state index is 4.09. The quantitative estimate of drug-likeness (QED) is 0.239. The molecule has 0 N–H and O–H groups in total. The van der Waals surface area contributed by atoms with Crippen molar-refractivity contribution in [2.75, 3.05) is 0 Å². The van der Waals surface area contributed by atoms with Gasteiger partial charge in [0.15, 0.2) is 0 Å². The van der Waals surface area contributed by atoms with Crippen molar-refractivity contribution >= 4 is 5.57 Å². The van der Waals surface area contributed by atoms with E-state index in [1.807, 2.05) is 34.6 Å². The summed E-state index contributed by atoms with van der Waals surface area (Å²) in [5.41, 5.74) is 7.85. The van der Waals surface area contributed by atoms with Crippen molar-refractivity contribution in [3.63, 3.8) is 0 Å². The molecule has 1 aromatic rings. The summed E-state index contributed by atoms with van der Waals surface area (Å²) in [4.78, 5) is 0. The van der Waals surface area contributed by atoms with Gasteiger partial charge in [-0.25, -0.2) is 0 Å². The van der Waals surface area contributed by atoms with Crippen molar-refractivity contribution in [1.29, 1.82) is 0 Å². The van der Waals surface area contributed by atoms with E-state index in [9.17, 15) is 0 Å². The Labute approximate surface area is 289 Å². The van der Waals surface area contributed by atoms with Crippen molar-refractivity contribution in [3.05, 3.63) is 77.4 Å². The molecular weight excluding hydrogens is 528 g/mol. The van der Waals surface area contributed by atoms with E-state index in [2.05, 4.69) is 119 Å². The predicted molar refractivity (Wildman–Crippen MR) is 228 cm³/mol. The average Bonchev–Trinajstić information content (AvgIpc) is 2.94. The molecule has 0 fully saturated rings. The summed E-state index contributed by atoms with van der Waals surface area (Å²) in [5.74, 6) is 0.583. The molecule has 0 bridgehead atoms. The smallest absolute Gasteiger partial charge is 0.0196 e. The van der Waals surface area contributed by atoms with Crippen LogP contribution in [-0.4, -0.2) is 0 Å². The van der Waals surface area contributed by atoms with Crippen molar-refractivity contribution in [2.24, 2.45) is 0 Å². The molecule has 44 heavy (non-hydrogen) atoms. The Morgan fingerprint density at radius 2 is 1.02 bits per heavy atom. The fourth-order valence-electron chi connectivity index (χ4n) is 2.50. The number of hydrogen-bond donors (Lipinski definition) is 0. The monoisotopic (exact) mass is 627 g/mol. The molecule has 0 unspecified atom stereocenters. The number of hydrogen-bond acceptors (Lipinski definition) is 0. The summed E-state index contributed by atoms with van der Waals surface area (Å²) in [5, 5.41) is 0. The minimum absolute atomic E-state index is 0. The first-order valence-corrected chi connectivity index (χ1v) is 15.4. The molecule has 1 rings (SSSR count). The zero-order chi connectivity index (χ0) is 30.2. The van der Waals surface area contributed by atoms with Gasteiger partial charge in [-0.2, -0.15) is 0 Å². The highest BCUT2D eigenvalue weighted by atomic mass is 14.1. The van der Waals surface area contributed by atoms with E-state index < -0.39 is 0 Å². The SMILES string of the molecule is C.C.C.C.C.C.C.C=C(C)/C(C)=C\C(=C/C)CCC.C=C(CC)c1ccccc1C(C)C.CC.CC.CCCC.CCCC. The van der Waals surface area contributed by atoms with Crippen LogP contribution in [0.4, 0.5) is 0 Å². The molecule has 0 radical (unpaired) electrons. The molecule has 0 nitrogen and oxygen atoms in total. The first-order valence-electron chi connectivity index (χ1n) is 15.4. The second kappa shape index (κ2) is 64.2. The van der Waals surface area contributed by atoms with E-state index in [4.69, 9.17) is 0 Å². The van der Waals surface area contributed by atoms with Gasteiger partial charge < -0.3 is 0 Å². The molecule has 0 aromatic heterocycles. The zero-order valence-electron chi connectivity index (χ0n) is 28.4. The summed E-state index contributed by atoms with van der Waals surface area (Å²) < 4.78 is 0. The third kappa shape index (κ3) is 52.8. The topological polar surface area (TPSA) is 0 Å². The molecule has 0 aliphatic carbocycles. The van der Waals surface area contributed by atoms with Gasteiger partial charge in [0.05, 0.1) is 0 Å². The lowest BCUT2D eigenvalue weighted by Crippen LogP contribution is -1.94. The molecule has 0 spiro atoms. The van der Waals surface area contributed by atoms with Crippen LogP contribution in [0.2, 0.25) is 0 Å². The van der Waals surface area contributed by atoms with Crippen molar-refractivity contribution in [3.8, 4) is 0 Å². The van der Waals surface area contributed by atoms with E-state index in [-0.39, 0.29) is 52.0 Å². The van der Waals surface area contributed by atoms with Crippen LogP contribution in [0.25, 0.3) is 5.57 Å². The first kappa shape index (κ1) is 78.5. The summed E-state index contributed by atoms with van der Waals surface area (Å²) in [6.45, 7) is 39.8. The molecule has 0 aliphatic rings. The summed E-state index contributed by atoms with van der Waals surface area (Å²) in [6.07, 6.45) is 13.1. The average molecular weight is 627 g/mol. The minimum atomic E-state index is 0. The van der Waals surface area contributed by atoms with E-state index in [1.165, 1.54) is 66.4 Å². The van der Waals surface area contributed by atoms with Gasteiger partial charge in [-0.1, -0.05) is 228 Å². The third-order valence-corrected chi connectivity index (χ3v) is 5.38. The summed E-state index contributed by atoms with van der Waals surface area (Å²) >= 11 is 0. The molecule has 0 heteroatoms. The van der Waals surface area contributed by atoms with Gasteiger partial charge in [0, 0.05) is 0 Å². The Morgan fingerprint density at radius 1 is 0.659 bits per heavy atom. The Kier molecular flexibility index (Phi) is 115. The van der Waals surface area contributed by atoms with Crippen molar-refractivity contribution < 1.29 is 0 Å². The first-order chi connectivity index (χ1) is 17.6. The van der Waals surface area contributed by atoms with Crippen LogP contribution in [0.15, 0.2) is 66.3 Å².